The van der Waals surface area contributed by atoms with E-state index in [0.29, 0.717) is 0 Å². The number of unbranched alkanes of at least 4 members (excludes halogenated alkanes) is 2. The maximum absolute atomic E-state index is 6.22. The van der Waals surface area contributed by atoms with Gasteiger partial charge < -0.3 is 0 Å². The Morgan fingerprint density at radius 1 is 0.938 bits per heavy atom. The number of rotatable bonds is 11. The molecule has 0 saturated carbocycles. The molecule has 0 unspecified atom stereocenters. The average molecular weight is 358 g/mol. The normalized spacial score (nSPS) is 12.8. The Morgan fingerprint density at radius 2 is 1.44 bits per heavy atom. The molecule has 0 radical (unpaired) electrons. The second-order valence-corrected chi connectivity index (χ2v) is 9.83. The van der Waals surface area contributed by atoms with E-state index in [2.05, 4.69) is 20.8 Å². The molecule has 0 bridgehead atoms. The molecule has 0 fully saturated rings. The molecule has 16 heavy (non-hydrogen) atoms. The summed E-state index contributed by atoms with van der Waals surface area (Å²) in [5, 5.41) is 0. The number of hydrogen-bond donors (Lipinski definition) is 0. The number of ether oxygens (including phenoxy) is 2. The summed E-state index contributed by atoms with van der Waals surface area (Å²) in [6, 6.07) is 0. The quantitative estimate of drug-likeness (QED) is 0.321. The maximum atomic E-state index is 6.22. The summed E-state index contributed by atoms with van der Waals surface area (Å²) >= 11 is -1.45. The molecule has 4 heteroatoms. The molecule has 0 aromatic rings. The summed E-state index contributed by atoms with van der Waals surface area (Å²) in [6.45, 7) is 8.11. The van der Waals surface area contributed by atoms with Crippen molar-refractivity contribution in [2.75, 3.05) is 13.2 Å². The van der Waals surface area contributed by atoms with Gasteiger partial charge in [-0.1, -0.05) is 0 Å². The Balaban J connectivity index is 4.09. The van der Waals surface area contributed by atoms with Crippen LogP contribution in [0.15, 0.2) is 0 Å². The van der Waals surface area contributed by atoms with Crippen molar-refractivity contribution in [3.63, 3.8) is 0 Å². The topological polar surface area (TPSA) is 18.5 Å². The van der Waals surface area contributed by atoms with Crippen LogP contribution in [0.5, 0.6) is 0 Å². The summed E-state index contributed by atoms with van der Waals surface area (Å²) < 4.78 is 11.6. The summed E-state index contributed by atoms with van der Waals surface area (Å²) in [4.78, 5) is 0. The fraction of sp³-hybridized carbons (Fsp3) is 1.00. The van der Waals surface area contributed by atoms with Crippen LogP contribution >= 0.6 is 8.92 Å². The molecule has 0 N–H and O–H groups in total. The van der Waals surface area contributed by atoms with E-state index in [-0.39, 0.29) is 3.80 Å². The first-order chi connectivity index (χ1) is 7.74. The van der Waals surface area contributed by atoms with Gasteiger partial charge in [-0.05, 0) is 0 Å². The van der Waals surface area contributed by atoms with Crippen molar-refractivity contribution < 1.29 is 9.47 Å². The molecule has 0 rings (SSSR count). The van der Waals surface area contributed by atoms with E-state index >= 15 is 0 Å². The molecule has 0 spiro atoms. The molecular weight excluding hydrogens is 330 g/mol. The van der Waals surface area contributed by atoms with E-state index in [9.17, 15) is 0 Å². The zero-order valence-electron chi connectivity index (χ0n) is 11.1. The summed E-state index contributed by atoms with van der Waals surface area (Å²) in [5.74, 6) is 0. The van der Waals surface area contributed by atoms with Gasteiger partial charge in [0.1, 0.15) is 0 Å². The molecule has 0 amide bonds. The van der Waals surface area contributed by atoms with E-state index in [1.165, 1.54) is 0 Å². The fourth-order valence-electron chi connectivity index (χ4n) is 1.52. The van der Waals surface area contributed by atoms with Gasteiger partial charge >= 0.3 is 115 Å². The molecular formula is C12H27ClO2Sn. The van der Waals surface area contributed by atoms with E-state index in [4.69, 9.17) is 18.4 Å². The van der Waals surface area contributed by atoms with Crippen LogP contribution in [0.2, 0.25) is 0 Å². The Hall–Kier alpha value is 1.01. The van der Waals surface area contributed by atoms with Crippen LogP contribution in [-0.4, -0.2) is 37.0 Å². The number of hydrogen-bond acceptors (Lipinski definition) is 2. The second-order valence-electron chi connectivity index (χ2n) is 4.20. The minimum atomic E-state index is -1.45. The first-order valence-electron chi connectivity index (χ1n) is 6.58. The van der Waals surface area contributed by atoms with E-state index in [1.54, 1.807) is 0 Å². The Labute approximate surface area is 114 Å². The molecule has 0 atom stereocenters. The first-order valence-corrected chi connectivity index (χ1v) is 13.7. The van der Waals surface area contributed by atoms with Gasteiger partial charge in [-0.2, -0.15) is 0 Å². The molecule has 0 aliphatic heterocycles. The van der Waals surface area contributed by atoms with Crippen LogP contribution in [0.25, 0.3) is 0 Å². The molecule has 0 heterocycles. The molecule has 0 aromatic heterocycles. The van der Waals surface area contributed by atoms with E-state index < -0.39 is 20.0 Å². The van der Waals surface area contributed by atoms with Crippen molar-refractivity contribution in [2.24, 2.45) is 0 Å². The summed E-state index contributed by atoms with van der Waals surface area (Å²) in [5.41, 5.74) is 0. The van der Waals surface area contributed by atoms with Crippen molar-refractivity contribution >= 4 is 28.9 Å². The van der Waals surface area contributed by atoms with Crippen molar-refractivity contribution in [1.82, 2.24) is 0 Å². The third-order valence-electron chi connectivity index (χ3n) is 2.56. The summed E-state index contributed by atoms with van der Waals surface area (Å²) in [6.07, 6.45) is 6.59. The van der Waals surface area contributed by atoms with Gasteiger partial charge in [0, 0.05) is 0 Å². The van der Waals surface area contributed by atoms with Crippen LogP contribution in [0.4, 0.5) is 0 Å². The molecule has 98 valence electrons. The summed E-state index contributed by atoms with van der Waals surface area (Å²) in [7, 11) is 6.22. The van der Waals surface area contributed by atoms with Gasteiger partial charge in [-0.25, -0.2) is 0 Å². The first kappa shape index (κ1) is 17.0. The third-order valence-corrected chi connectivity index (χ3v) is 8.63. The molecule has 0 saturated heterocycles. The SMILES string of the molecule is CCCCO[C](CCC)(OCCCC)[SnH2][Cl]. The average Bonchev–Trinajstić information content (AvgIpc) is 2.29. The van der Waals surface area contributed by atoms with Crippen LogP contribution in [-0.2, 0) is 9.47 Å². The van der Waals surface area contributed by atoms with E-state index in [1.807, 2.05) is 0 Å². The molecule has 0 aliphatic rings. The zero-order chi connectivity index (χ0) is 12.3. The zero-order valence-corrected chi connectivity index (χ0v) is 15.9. The minimum absolute atomic E-state index is 0.331. The van der Waals surface area contributed by atoms with Crippen molar-refractivity contribution in [3.8, 4) is 0 Å². The van der Waals surface area contributed by atoms with Crippen LogP contribution in [0, 0.1) is 0 Å². The van der Waals surface area contributed by atoms with Gasteiger partial charge in [-0.3, -0.25) is 0 Å². The van der Waals surface area contributed by atoms with Crippen LogP contribution in [0.1, 0.15) is 59.3 Å². The van der Waals surface area contributed by atoms with Crippen molar-refractivity contribution in [1.29, 1.82) is 0 Å². The Bertz CT molecular complexity index is 146. The van der Waals surface area contributed by atoms with Gasteiger partial charge in [0.25, 0.3) is 0 Å². The standard InChI is InChI=1S/C12H25O2.ClH.Sn.2H/c1-4-7-10-13-12(9-6-3)14-11-8-5-2;;;;/h4-11H2,1-3H3;1H;;;/q;;+1;;/p-1. The van der Waals surface area contributed by atoms with Gasteiger partial charge in [0.15, 0.2) is 0 Å². The van der Waals surface area contributed by atoms with E-state index in [0.717, 1.165) is 51.7 Å². The van der Waals surface area contributed by atoms with Crippen LogP contribution < -0.4 is 0 Å². The van der Waals surface area contributed by atoms with Gasteiger partial charge in [0.05, 0.1) is 0 Å². The number of halogens is 1. The molecule has 2 nitrogen and oxygen atoms in total. The third kappa shape index (κ3) is 7.36. The Morgan fingerprint density at radius 3 is 1.75 bits per heavy atom. The second kappa shape index (κ2) is 11.1. The Kier molecular flexibility index (Phi) is 11.8. The monoisotopic (exact) mass is 358 g/mol. The van der Waals surface area contributed by atoms with Crippen LogP contribution in [0.3, 0.4) is 0 Å². The van der Waals surface area contributed by atoms with Gasteiger partial charge in [-0.15, -0.1) is 0 Å². The van der Waals surface area contributed by atoms with Gasteiger partial charge in [0.2, 0.25) is 0 Å². The van der Waals surface area contributed by atoms with Crippen molar-refractivity contribution in [3.05, 3.63) is 0 Å². The fourth-order valence-corrected chi connectivity index (χ4v) is 6.10. The predicted molar refractivity (Wildman–Crippen MR) is 73.8 cm³/mol. The molecule has 0 aliphatic carbocycles. The molecule has 0 aromatic carbocycles. The predicted octanol–water partition coefficient (Wildman–Crippen LogP) is 3.40. The van der Waals surface area contributed by atoms with Crippen molar-refractivity contribution in [2.45, 2.75) is 63.1 Å².